The molecule has 96 valence electrons. The van der Waals surface area contributed by atoms with Gasteiger partial charge in [0.1, 0.15) is 0 Å². The van der Waals surface area contributed by atoms with E-state index in [1.807, 2.05) is 13.8 Å². The summed E-state index contributed by atoms with van der Waals surface area (Å²) in [5, 5.41) is 0. The highest BCUT2D eigenvalue weighted by Gasteiger charge is 2.37. The predicted molar refractivity (Wildman–Crippen MR) is 64.8 cm³/mol. The number of sulfonamides is 1. The Bertz CT molecular complexity index is 307. The fourth-order valence-electron chi connectivity index (χ4n) is 2.12. The number of methoxy groups -OCH3 is 1. The third-order valence-corrected chi connectivity index (χ3v) is 4.77. The zero-order chi connectivity index (χ0) is 12.2. The highest BCUT2D eigenvalue weighted by molar-refractivity contribution is 7.89. The van der Waals surface area contributed by atoms with Crippen LogP contribution in [0.25, 0.3) is 0 Å². The van der Waals surface area contributed by atoms with Crippen molar-refractivity contribution >= 4 is 10.0 Å². The molecule has 16 heavy (non-hydrogen) atoms. The van der Waals surface area contributed by atoms with E-state index in [0.717, 1.165) is 12.8 Å². The number of rotatable bonds is 7. The van der Waals surface area contributed by atoms with Crippen LogP contribution in [0.1, 0.15) is 33.1 Å². The fourth-order valence-corrected chi connectivity index (χ4v) is 3.64. The summed E-state index contributed by atoms with van der Waals surface area (Å²) in [7, 11) is -1.44. The highest BCUT2D eigenvalue weighted by Crippen LogP contribution is 2.40. The van der Waals surface area contributed by atoms with Gasteiger partial charge in [0.2, 0.25) is 10.0 Å². The molecule has 0 bridgehead atoms. The minimum absolute atomic E-state index is 0.0544. The Morgan fingerprint density at radius 2 is 2.00 bits per heavy atom. The zero-order valence-corrected chi connectivity index (χ0v) is 11.3. The van der Waals surface area contributed by atoms with Gasteiger partial charge in [0, 0.05) is 19.1 Å². The first kappa shape index (κ1) is 13.9. The molecular weight excluding hydrogens is 226 g/mol. The van der Waals surface area contributed by atoms with Gasteiger partial charge in [0.05, 0.1) is 12.4 Å². The van der Waals surface area contributed by atoms with Crippen molar-refractivity contribution in [2.45, 2.75) is 33.1 Å². The van der Waals surface area contributed by atoms with Gasteiger partial charge in [0.15, 0.2) is 0 Å². The van der Waals surface area contributed by atoms with E-state index < -0.39 is 10.0 Å². The van der Waals surface area contributed by atoms with Crippen molar-refractivity contribution in [1.29, 1.82) is 0 Å². The van der Waals surface area contributed by atoms with Crippen LogP contribution in [-0.2, 0) is 14.8 Å². The van der Waals surface area contributed by atoms with E-state index in [4.69, 9.17) is 4.74 Å². The molecule has 0 spiro atoms. The molecular formula is C11H23NO3S. The minimum Gasteiger partial charge on any atom is -0.384 e. The number of ether oxygens (including phenoxy) is 1. The third kappa shape index (κ3) is 4.03. The van der Waals surface area contributed by atoms with E-state index in [1.54, 1.807) is 7.11 Å². The second kappa shape index (κ2) is 5.47. The molecule has 4 nitrogen and oxygen atoms in total. The van der Waals surface area contributed by atoms with Crippen LogP contribution < -0.4 is 4.72 Å². The van der Waals surface area contributed by atoms with Crippen LogP contribution in [0.3, 0.4) is 0 Å². The van der Waals surface area contributed by atoms with Crippen molar-refractivity contribution in [1.82, 2.24) is 4.72 Å². The Labute approximate surface area is 98.8 Å². The lowest BCUT2D eigenvalue weighted by atomic mass is 9.69. The molecule has 1 saturated carbocycles. The maximum atomic E-state index is 11.7. The monoisotopic (exact) mass is 249 g/mol. The van der Waals surface area contributed by atoms with Gasteiger partial charge >= 0.3 is 0 Å². The van der Waals surface area contributed by atoms with Crippen LogP contribution in [0.2, 0.25) is 0 Å². The average molecular weight is 249 g/mol. The SMILES string of the molecule is COCC1(CNS(=O)(=O)CC(C)C)CCC1. The smallest absolute Gasteiger partial charge is 0.211 e. The zero-order valence-electron chi connectivity index (χ0n) is 10.5. The first-order valence-electron chi connectivity index (χ1n) is 5.85. The first-order chi connectivity index (χ1) is 7.39. The molecule has 0 radical (unpaired) electrons. The van der Waals surface area contributed by atoms with E-state index in [1.165, 1.54) is 6.42 Å². The molecule has 0 aliphatic heterocycles. The second-order valence-corrected chi connectivity index (χ2v) is 7.13. The van der Waals surface area contributed by atoms with Crippen molar-refractivity contribution < 1.29 is 13.2 Å². The largest absolute Gasteiger partial charge is 0.384 e. The quantitative estimate of drug-likeness (QED) is 0.741. The molecule has 1 aliphatic rings. The van der Waals surface area contributed by atoms with E-state index in [0.29, 0.717) is 13.2 Å². The summed E-state index contributed by atoms with van der Waals surface area (Å²) >= 11 is 0. The summed E-state index contributed by atoms with van der Waals surface area (Å²) in [5.74, 6) is 0.369. The molecule has 0 saturated heterocycles. The number of hydrogen-bond donors (Lipinski definition) is 1. The third-order valence-electron chi connectivity index (χ3n) is 3.08. The molecule has 1 N–H and O–H groups in total. The summed E-state index contributed by atoms with van der Waals surface area (Å²) in [5.41, 5.74) is 0.0544. The van der Waals surface area contributed by atoms with Crippen molar-refractivity contribution in [3.8, 4) is 0 Å². The maximum Gasteiger partial charge on any atom is 0.211 e. The molecule has 1 fully saturated rings. The number of nitrogens with one attached hydrogen (secondary N) is 1. The van der Waals surface area contributed by atoms with E-state index >= 15 is 0 Å². The maximum absolute atomic E-state index is 11.7. The van der Waals surface area contributed by atoms with Gasteiger partial charge in [-0.25, -0.2) is 13.1 Å². The van der Waals surface area contributed by atoms with Crippen LogP contribution >= 0.6 is 0 Å². The summed E-state index contributed by atoms with van der Waals surface area (Å²) in [6.45, 7) is 4.99. The van der Waals surface area contributed by atoms with Gasteiger partial charge < -0.3 is 4.74 Å². The van der Waals surface area contributed by atoms with E-state index in [9.17, 15) is 8.42 Å². The first-order valence-corrected chi connectivity index (χ1v) is 7.51. The van der Waals surface area contributed by atoms with Crippen LogP contribution in [0, 0.1) is 11.3 Å². The Kier molecular flexibility index (Phi) is 4.76. The molecule has 0 amide bonds. The second-order valence-electron chi connectivity index (χ2n) is 5.28. The van der Waals surface area contributed by atoms with Crippen molar-refractivity contribution in [2.24, 2.45) is 11.3 Å². The summed E-state index contributed by atoms with van der Waals surface area (Å²) in [6.07, 6.45) is 3.30. The summed E-state index contributed by atoms with van der Waals surface area (Å²) < 4.78 is 31.2. The lowest BCUT2D eigenvalue weighted by Crippen LogP contribution is -2.45. The van der Waals surface area contributed by atoms with Gasteiger partial charge in [-0.05, 0) is 18.8 Å². The minimum atomic E-state index is -3.11. The lowest BCUT2D eigenvalue weighted by molar-refractivity contribution is 0.0220. The normalized spacial score (nSPS) is 19.8. The van der Waals surface area contributed by atoms with Crippen LogP contribution in [-0.4, -0.2) is 34.4 Å². The Balaban J connectivity index is 2.43. The van der Waals surface area contributed by atoms with Gasteiger partial charge in [-0.1, -0.05) is 20.3 Å². The molecule has 0 atom stereocenters. The van der Waals surface area contributed by atoms with E-state index in [2.05, 4.69) is 4.72 Å². The van der Waals surface area contributed by atoms with Crippen molar-refractivity contribution in [2.75, 3.05) is 26.0 Å². The Morgan fingerprint density at radius 1 is 1.38 bits per heavy atom. The predicted octanol–water partition coefficient (Wildman–Crippen LogP) is 1.38. The standard InChI is InChI=1S/C11H23NO3S/c1-10(2)7-16(13,14)12-8-11(9-15-3)5-4-6-11/h10,12H,4-9H2,1-3H3. The molecule has 0 aromatic carbocycles. The van der Waals surface area contributed by atoms with Gasteiger partial charge in [-0.15, -0.1) is 0 Å². The van der Waals surface area contributed by atoms with Crippen molar-refractivity contribution in [3.63, 3.8) is 0 Å². The fraction of sp³-hybridized carbons (Fsp3) is 1.00. The summed E-state index contributed by atoms with van der Waals surface area (Å²) in [4.78, 5) is 0. The molecule has 0 aromatic rings. The van der Waals surface area contributed by atoms with Crippen LogP contribution in [0.5, 0.6) is 0 Å². The molecule has 1 rings (SSSR count). The topological polar surface area (TPSA) is 55.4 Å². The van der Waals surface area contributed by atoms with Gasteiger partial charge in [0.25, 0.3) is 0 Å². The Morgan fingerprint density at radius 3 is 2.38 bits per heavy atom. The molecule has 0 heterocycles. The van der Waals surface area contributed by atoms with Gasteiger partial charge in [-0.2, -0.15) is 0 Å². The number of hydrogen-bond acceptors (Lipinski definition) is 3. The molecule has 1 aliphatic carbocycles. The highest BCUT2D eigenvalue weighted by atomic mass is 32.2. The molecule has 0 unspecified atom stereocenters. The molecule has 0 aromatic heterocycles. The Hall–Kier alpha value is -0.130. The summed E-state index contributed by atoms with van der Waals surface area (Å²) in [6, 6.07) is 0. The lowest BCUT2D eigenvalue weighted by Gasteiger charge is -2.41. The van der Waals surface area contributed by atoms with E-state index in [-0.39, 0.29) is 17.1 Å². The average Bonchev–Trinajstić information content (AvgIpc) is 2.07. The van der Waals surface area contributed by atoms with Crippen LogP contribution in [0.15, 0.2) is 0 Å². The van der Waals surface area contributed by atoms with Gasteiger partial charge in [-0.3, -0.25) is 0 Å². The molecule has 5 heteroatoms. The van der Waals surface area contributed by atoms with Crippen molar-refractivity contribution in [3.05, 3.63) is 0 Å². The van der Waals surface area contributed by atoms with Crippen LogP contribution in [0.4, 0.5) is 0 Å².